The lowest BCUT2D eigenvalue weighted by Gasteiger charge is -2.33. The number of aryl methyl sites for hydroxylation is 1. The van der Waals surface area contributed by atoms with E-state index in [1.54, 1.807) is 29.2 Å². The molecular formula is C25H27N5O2. The van der Waals surface area contributed by atoms with Crippen LogP contribution in [0.15, 0.2) is 54.9 Å². The summed E-state index contributed by atoms with van der Waals surface area (Å²) in [6.45, 7) is 7.46. The number of hydrogen-bond donors (Lipinski definition) is 0. The first-order valence-electron chi connectivity index (χ1n) is 11.1. The molecule has 4 heterocycles. The number of hydrogen-bond acceptors (Lipinski definition) is 4. The minimum atomic E-state index is -0.0454. The lowest BCUT2D eigenvalue weighted by atomic mass is 9.95. The van der Waals surface area contributed by atoms with Crippen LogP contribution >= 0.6 is 0 Å². The number of amides is 2. The van der Waals surface area contributed by atoms with Crippen molar-refractivity contribution >= 4 is 11.8 Å². The smallest absolute Gasteiger partial charge is 0.273 e. The maximum absolute atomic E-state index is 13.8. The molecule has 32 heavy (non-hydrogen) atoms. The SMILES string of the molecule is Cc1nn(-c2ccccc2)c2c1C(C(C)C)N(C1CCN(C(=O)c3ccncc3)C1)C2=O. The van der Waals surface area contributed by atoms with E-state index >= 15 is 0 Å². The summed E-state index contributed by atoms with van der Waals surface area (Å²) < 4.78 is 1.79. The predicted octanol–water partition coefficient (Wildman–Crippen LogP) is 3.64. The molecule has 0 spiro atoms. The second kappa shape index (κ2) is 7.89. The summed E-state index contributed by atoms with van der Waals surface area (Å²) in [5.41, 5.74) is 4.09. The first kappa shape index (κ1) is 20.4. The number of fused-ring (bicyclic) bond motifs is 1. The topological polar surface area (TPSA) is 71.3 Å². The fourth-order valence-electron chi connectivity index (χ4n) is 5.12. The number of pyridine rings is 1. The van der Waals surface area contributed by atoms with Gasteiger partial charge in [-0.05, 0) is 43.5 Å². The predicted molar refractivity (Wildman–Crippen MR) is 121 cm³/mol. The number of carbonyl (C=O) groups excluding carboxylic acids is 2. The zero-order chi connectivity index (χ0) is 22.4. The van der Waals surface area contributed by atoms with Crippen molar-refractivity contribution in [2.75, 3.05) is 13.1 Å². The van der Waals surface area contributed by atoms with Crippen molar-refractivity contribution in [1.82, 2.24) is 24.6 Å². The molecular weight excluding hydrogens is 402 g/mol. The number of rotatable bonds is 4. The highest BCUT2D eigenvalue weighted by Crippen LogP contribution is 2.43. The largest absolute Gasteiger partial charge is 0.337 e. The molecule has 1 aromatic carbocycles. The van der Waals surface area contributed by atoms with Gasteiger partial charge in [-0.25, -0.2) is 4.68 Å². The average molecular weight is 430 g/mol. The summed E-state index contributed by atoms with van der Waals surface area (Å²) in [5, 5.41) is 4.73. The van der Waals surface area contributed by atoms with Crippen LogP contribution in [-0.4, -0.2) is 55.5 Å². The van der Waals surface area contributed by atoms with Crippen LogP contribution in [0.1, 0.15) is 58.4 Å². The molecule has 3 aromatic rings. The van der Waals surface area contributed by atoms with Gasteiger partial charge in [-0.15, -0.1) is 0 Å². The Balaban J connectivity index is 1.47. The van der Waals surface area contributed by atoms with E-state index in [0.717, 1.165) is 23.4 Å². The summed E-state index contributed by atoms with van der Waals surface area (Å²) in [7, 11) is 0. The van der Waals surface area contributed by atoms with Gasteiger partial charge in [0.15, 0.2) is 0 Å². The number of likely N-dealkylation sites (tertiary alicyclic amines) is 1. The molecule has 0 radical (unpaired) electrons. The number of aromatic nitrogens is 3. The van der Waals surface area contributed by atoms with Crippen LogP contribution in [0.5, 0.6) is 0 Å². The molecule has 2 aromatic heterocycles. The third kappa shape index (κ3) is 3.20. The van der Waals surface area contributed by atoms with E-state index in [9.17, 15) is 9.59 Å². The van der Waals surface area contributed by atoms with Gasteiger partial charge in [-0.1, -0.05) is 32.0 Å². The summed E-state index contributed by atoms with van der Waals surface area (Å²) in [5.74, 6) is 0.232. The van der Waals surface area contributed by atoms with Crippen LogP contribution in [0.3, 0.4) is 0 Å². The van der Waals surface area contributed by atoms with Crippen LogP contribution in [-0.2, 0) is 0 Å². The van der Waals surface area contributed by atoms with E-state index in [0.29, 0.717) is 24.3 Å². The Hall–Kier alpha value is -3.48. The Labute approximate surface area is 187 Å². The Kier molecular flexibility index (Phi) is 5.04. The van der Waals surface area contributed by atoms with Gasteiger partial charge in [-0.3, -0.25) is 14.6 Å². The highest BCUT2D eigenvalue weighted by Gasteiger charge is 2.48. The number of carbonyl (C=O) groups is 2. The van der Waals surface area contributed by atoms with Gasteiger partial charge in [0.2, 0.25) is 0 Å². The first-order chi connectivity index (χ1) is 15.5. The second-order valence-electron chi connectivity index (χ2n) is 8.93. The van der Waals surface area contributed by atoms with Gasteiger partial charge < -0.3 is 9.80 Å². The average Bonchev–Trinajstić information content (AvgIpc) is 3.49. The standard InChI is InChI=1S/C25H27N5O2/c1-16(2)22-21-17(3)27-30(19-7-5-4-6-8-19)23(21)25(32)29(22)20-11-14-28(15-20)24(31)18-9-12-26-13-10-18/h4-10,12-13,16,20,22H,11,14-15H2,1-3H3. The van der Waals surface area contributed by atoms with E-state index in [1.807, 2.05) is 47.1 Å². The van der Waals surface area contributed by atoms with E-state index in [1.165, 1.54) is 0 Å². The molecule has 5 rings (SSSR count). The minimum absolute atomic E-state index is 0.00589. The maximum Gasteiger partial charge on any atom is 0.273 e. The van der Waals surface area contributed by atoms with Crippen molar-refractivity contribution in [3.8, 4) is 5.69 Å². The number of benzene rings is 1. The Morgan fingerprint density at radius 2 is 1.81 bits per heavy atom. The number of nitrogens with zero attached hydrogens (tertiary/aromatic N) is 5. The zero-order valence-electron chi connectivity index (χ0n) is 18.6. The molecule has 2 atom stereocenters. The monoisotopic (exact) mass is 429 g/mol. The molecule has 0 N–H and O–H groups in total. The molecule has 1 fully saturated rings. The zero-order valence-corrected chi connectivity index (χ0v) is 18.6. The van der Waals surface area contributed by atoms with Crippen molar-refractivity contribution in [3.05, 3.63) is 77.4 Å². The fraction of sp³-hybridized carbons (Fsp3) is 0.360. The van der Waals surface area contributed by atoms with Crippen LogP contribution < -0.4 is 0 Å². The van der Waals surface area contributed by atoms with Crippen molar-refractivity contribution in [1.29, 1.82) is 0 Å². The van der Waals surface area contributed by atoms with Crippen molar-refractivity contribution in [3.63, 3.8) is 0 Å². The summed E-state index contributed by atoms with van der Waals surface area (Å²) >= 11 is 0. The van der Waals surface area contributed by atoms with Gasteiger partial charge in [0.1, 0.15) is 5.69 Å². The van der Waals surface area contributed by atoms with Gasteiger partial charge in [0.25, 0.3) is 11.8 Å². The maximum atomic E-state index is 13.8. The summed E-state index contributed by atoms with van der Waals surface area (Å²) in [6.07, 6.45) is 4.04. The molecule has 0 saturated carbocycles. The summed E-state index contributed by atoms with van der Waals surface area (Å²) in [4.78, 5) is 34.6. The van der Waals surface area contributed by atoms with Crippen LogP contribution in [0.25, 0.3) is 5.69 Å². The second-order valence-corrected chi connectivity index (χ2v) is 8.93. The van der Waals surface area contributed by atoms with Gasteiger partial charge in [-0.2, -0.15) is 5.10 Å². The molecule has 2 unspecified atom stereocenters. The van der Waals surface area contributed by atoms with Crippen molar-refractivity contribution in [2.45, 2.75) is 39.3 Å². The van der Waals surface area contributed by atoms with E-state index in [4.69, 9.17) is 5.10 Å². The Morgan fingerprint density at radius 3 is 2.50 bits per heavy atom. The minimum Gasteiger partial charge on any atom is -0.337 e. The van der Waals surface area contributed by atoms with Crippen LogP contribution in [0, 0.1) is 12.8 Å². The number of para-hydroxylation sites is 1. The van der Waals surface area contributed by atoms with Gasteiger partial charge in [0, 0.05) is 36.6 Å². The van der Waals surface area contributed by atoms with Gasteiger partial charge in [0.05, 0.1) is 23.5 Å². The molecule has 1 saturated heterocycles. The van der Waals surface area contributed by atoms with E-state index < -0.39 is 0 Å². The quantitative estimate of drug-likeness (QED) is 0.635. The highest BCUT2D eigenvalue weighted by molar-refractivity contribution is 5.99. The van der Waals surface area contributed by atoms with E-state index in [2.05, 4.69) is 18.8 Å². The lowest BCUT2D eigenvalue weighted by Crippen LogP contribution is -2.43. The molecule has 2 aliphatic rings. The summed E-state index contributed by atoms with van der Waals surface area (Å²) in [6, 6.07) is 13.2. The first-order valence-corrected chi connectivity index (χ1v) is 11.1. The van der Waals surface area contributed by atoms with Crippen molar-refractivity contribution in [2.24, 2.45) is 5.92 Å². The fourth-order valence-corrected chi connectivity index (χ4v) is 5.12. The highest BCUT2D eigenvalue weighted by atomic mass is 16.2. The third-order valence-electron chi connectivity index (χ3n) is 6.54. The molecule has 0 bridgehead atoms. The molecule has 7 nitrogen and oxygen atoms in total. The normalized spacial score (nSPS) is 20.3. The molecule has 7 heteroatoms. The van der Waals surface area contributed by atoms with Gasteiger partial charge >= 0.3 is 0 Å². The van der Waals surface area contributed by atoms with E-state index in [-0.39, 0.29) is 29.8 Å². The third-order valence-corrected chi connectivity index (χ3v) is 6.54. The van der Waals surface area contributed by atoms with Crippen molar-refractivity contribution < 1.29 is 9.59 Å². The molecule has 164 valence electrons. The molecule has 2 amide bonds. The lowest BCUT2D eigenvalue weighted by molar-refractivity contribution is 0.0549. The van der Waals surface area contributed by atoms with Crippen LogP contribution in [0.2, 0.25) is 0 Å². The molecule has 2 aliphatic heterocycles. The Bertz CT molecular complexity index is 1160. The van der Waals surface area contributed by atoms with Crippen LogP contribution in [0.4, 0.5) is 0 Å². The Morgan fingerprint density at radius 1 is 1.09 bits per heavy atom. The molecule has 0 aliphatic carbocycles.